The summed E-state index contributed by atoms with van der Waals surface area (Å²) in [5.41, 5.74) is 2.98. The maximum absolute atomic E-state index is 13.1. The fourth-order valence-electron chi connectivity index (χ4n) is 4.07. The van der Waals surface area contributed by atoms with Gasteiger partial charge >= 0.3 is 0 Å². The molecule has 30 heavy (non-hydrogen) atoms. The van der Waals surface area contributed by atoms with E-state index in [0.717, 1.165) is 21.9 Å². The van der Waals surface area contributed by atoms with Crippen LogP contribution in [0.1, 0.15) is 52.0 Å². The molecule has 0 spiro atoms. The number of carbonyl (C=O) groups excluding carboxylic acids is 2. The van der Waals surface area contributed by atoms with E-state index in [4.69, 9.17) is 9.47 Å². The molecular weight excluding hydrogens is 378 g/mol. The average Bonchev–Trinajstić information content (AvgIpc) is 2.75. The maximum atomic E-state index is 13.1. The van der Waals surface area contributed by atoms with Crippen LogP contribution in [0, 0.1) is 5.41 Å². The lowest BCUT2D eigenvalue weighted by molar-refractivity contribution is -0.226. The molecule has 2 amide bonds. The first-order valence-corrected chi connectivity index (χ1v) is 10.1. The minimum Gasteiger partial charge on any atom is -0.348 e. The molecule has 5 rings (SSSR count). The van der Waals surface area contributed by atoms with E-state index in [2.05, 4.69) is 13.8 Å². The van der Waals surface area contributed by atoms with Gasteiger partial charge in [-0.1, -0.05) is 62.4 Å². The van der Waals surface area contributed by atoms with Crippen LogP contribution in [-0.2, 0) is 16.0 Å². The molecule has 0 bridgehead atoms. The molecule has 1 saturated heterocycles. The molecular formula is C25H23NO4. The number of rotatable bonds is 3. The molecule has 3 aromatic carbocycles. The first-order chi connectivity index (χ1) is 14.4. The number of carbonyl (C=O) groups is 2. The Labute approximate surface area is 175 Å². The Morgan fingerprint density at radius 3 is 2.00 bits per heavy atom. The molecule has 1 fully saturated rings. The zero-order valence-corrected chi connectivity index (χ0v) is 17.1. The summed E-state index contributed by atoms with van der Waals surface area (Å²) in [6.45, 7) is 5.72. The topological polar surface area (TPSA) is 55.8 Å². The van der Waals surface area contributed by atoms with Crippen LogP contribution >= 0.6 is 0 Å². The standard InChI is InChI=1S/C25H23NO4/c1-25(2)14-29-24(30-15-25)18-11-9-16(10-12-18)13-26-22(27)19-7-3-5-17-6-4-8-20(21(17)19)23(26)28/h3-12,24H,13-15H2,1-2H3. The Kier molecular flexibility index (Phi) is 4.45. The van der Waals surface area contributed by atoms with Gasteiger partial charge in [-0.2, -0.15) is 0 Å². The smallest absolute Gasteiger partial charge is 0.261 e. The van der Waals surface area contributed by atoms with Crippen molar-refractivity contribution in [1.29, 1.82) is 0 Å². The SMILES string of the molecule is CC1(C)COC(c2ccc(CN3C(=O)c4cccc5cccc(c45)C3=O)cc2)OC1. The van der Waals surface area contributed by atoms with E-state index in [1.165, 1.54) is 4.90 Å². The summed E-state index contributed by atoms with van der Waals surface area (Å²) in [6.07, 6.45) is -0.380. The second kappa shape index (κ2) is 7.04. The summed E-state index contributed by atoms with van der Waals surface area (Å²) in [7, 11) is 0. The molecule has 2 aliphatic rings. The molecule has 3 aromatic rings. The lowest BCUT2D eigenvalue weighted by Gasteiger charge is -2.34. The summed E-state index contributed by atoms with van der Waals surface area (Å²) >= 11 is 0. The molecule has 0 atom stereocenters. The highest BCUT2D eigenvalue weighted by atomic mass is 16.7. The Bertz CT molecular complexity index is 1090. The van der Waals surface area contributed by atoms with Gasteiger partial charge in [-0.3, -0.25) is 14.5 Å². The van der Waals surface area contributed by atoms with Crippen molar-refractivity contribution >= 4 is 22.6 Å². The Morgan fingerprint density at radius 2 is 1.43 bits per heavy atom. The van der Waals surface area contributed by atoms with Crippen molar-refractivity contribution in [3.8, 4) is 0 Å². The van der Waals surface area contributed by atoms with E-state index >= 15 is 0 Å². The van der Waals surface area contributed by atoms with Crippen LogP contribution in [0.3, 0.4) is 0 Å². The third kappa shape index (κ3) is 3.20. The second-order valence-electron chi connectivity index (χ2n) is 8.77. The largest absolute Gasteiger partial charge is 0.348 e. The van der Waals surface area contributed by atoms with Gasteiger partial charge in [0.1, 0.15) is 0 Å². The van der Waals surface area contributed by atoms with Crippen molar-refractivity contribution < 1.29 is 19.1 Å². The van der Waals surface area contributed by atoms with Crippen LogP contribution in [0.2, 0.25) is 0 Å². The van der Waals surface area contributed by atoms with Gasteiger partial charge in [-0.25, -0.2) is 0 Å². The molecule has 2 aliphatic heterocycles. The zero-order chi connectivity index (χ0) is 20.9. The van der Waals surface area contributed by atoms with E-state index in [0.29, 0.717) is 24.3 Å². The molecule has 5 nitrogen and oxygen atoms in total. The fraction of sp³-hybridized carbons (Fsp3) is 0.280. The Balaban J connectivity index is 1.37. The lowest BCUT2D eigenvalue weighted by atomic mass is 9.94. The minimum absolute atomic E-state index is 0.0184. The lowest BCUT2D eigenvalue weighted by Crippen LogP contribution is -2.39. The van der Waals surface area contributed by atoms with Gasteiger partial charge in [-0.15, -0.1) is 0 Å². The molecule has 2 heterocycles. The van der Waals surface area contributed by atoms with Crippen LogP contribution in [0.15, 0.2) is 60.7 Å². The van der Waals surface area contributed by atoms with Gasteiger partial charge < -0.3 is 9.47 Å². The first-order valence-electron chi connectivity index (χ1n) is 10.1. The Morgan fingerprint density at radius 1 is 0.867 bits per heavy atom. The number of benzene rings is 3. The summed E-state index contributed by atoms with van der Waals surface area (Å²) in [5, 5.41) is 1.66. The number of hydrogen-bond acceptors (Lipinski definition) is 4. The highest BCUT2D eigenvalue weighted by molar-refractivity contribution is 6.25. The van der Waals surface area contributed by atoms with Crippen LogP contribution in [0.25, 0.3) is 10.8 Å². The average molecular weight is 401 g/mol. The fourth-order valence-corrected chi connectivity index (χ4v) is 4.07. The Hall–Kier alpha value is -3.02. The summed E-state index contributed by atoms with van der Waals surface area (Å²) in [4.78, 5) is 27.4. The van der Waals surface area contributed by atoms with Crippen LogP contribution in [0.5, 0.6) is 0 Å². The number of nitrogens with zero attached hydrogens (tertiary/aromatic N) is 1. The normalized spacial score (nSPS) is 18.8. The van der Waals surface area contributed by atoms with Crippen LogP contribution in [-0.4, -0.2) is 29.9 Å². The van der Waals surface area contributed by atoms with Crippen molar-refractivity contribution in [3.63, 3.8) is 0 Å². The molecule has 5 heteroatoms. The highest BCUT2D eigenvalue weighted by Crippen LogP contribution is 2.32. The van der Waals surface area contributed by atoms with E-state index < -0.39 is 0 Å². The number of hydrogen-bond donors (Lipinski definition) is 0. The third-order valence-corrected chi connectivity index (χ3v) is 5.70. The number of imide groups is 1. The van der Waals surface area contributed by atoms with E-state index in [1.54, 1.807) is 12.1 Å². The predicted octanol–water partition coefficient (Wildman–Crippen LogP) is 4.71. The van der Waals surface area contributed by atoms with E-state index in [-0.39, 0.29) is 30.1 Å². The van der Waals surface area contributed by atoms with Gasteiger partial charge in [0.15, 0.2) is 6.29 Å². The third-order valence-electron chi connectivity index (χ3n) is 5.70. The van der Waals surface area contributed by atoms with Crippen molar-refractivity contribution in [1.82, 2.24) is 4.90 Å². The zero-order valence-electron chi connectivity index (χ0n) is 17.1. The van der Waals surface area contributed by atoms with Crippen molar-refractivity contribution in [2.24, 2.45) is 5.41 Å². The molecule has 0 unspecified atom stereocenters. The van der Waals surface area contributed by atoms with Gasteiger partial charge in [0.05, 0.1) is 19.8 Å². The van der Waals surface area contributed by atoms with Gasteiger partial charge in [0.25, 0.3) is 11.8 Å². The highest BCUT2D eigenvalue weighted by Gasteiger charge is 2.33. The van der Waals surface area contributed by atoms with Gasteiger partial charge in [-0.05, 0) is 23.1 Å². The van der Waals surface area contributed by atoms with Crippen LogP contribution < -0.4 is 0 Å². The monoisotopic (exact) mass is 401 g/mol. The van der Waals surface area contributed by atoms with Gasteiger partial charge in [0.2, 0.25) is 0 Å². The van der Waals surface area contributed by atoms with Gasteiger partial charge in [0, 0.05) is 27.5 Å². The summed E-state index contributed by atoms with van der Waals surface area (Å²) in [6, 6.07) is 18.8. The van der Waals surface area contributed by atoms with Crippen molar-refractivity contribution in [2.75, 3.05) is 13.2 Å². The van der Waals surface area contributed by atoms with Crippen LogP contribution in [0.4, 0.5) is 0 Å². The molecule has 0 N–H and O–H groups in total. The summed E-state index contributed by atoms with van der Waals surface area (Å²) in [5.74, 6) is -0.510. The molecule has 0 aromatic heterocycles. The predicted molar refractivity (Wildman–Crippen MR) is 113 cm³/mol. The quantitative estimate of drug-likeness (QED) is 0.597. The molecule has 0 radical (unpaired) electrons. The van der Waals surface area contributed by atoms with Crippen molar-refractivity contribution in [2.45, 2.75) is 26.7 Å². The molecule has 0 saturated carbocycles. The first kappa shape index (κ1) is 19.0. The minimum atomic E-state index is -0.380. The number of amides is 2. The maximum Gasteiger partial charge on any atom is 0.261 e. The summed E-state index contributed by atoms with van der Waals surface area (Å²) < 4.78 is 11.7. The van der Waals surface area contributed by atoms with E-state index in [9.17, 15) is 9.59 Å². The van der Waals surface area contributed by atoms with E-state index in [1.807, 2.05) is 48.5 Å². The molecule has 152 valence electrons. The van der Waals surface area contributed by atoms with Crippen molar-refractivity contribution in [3.05, 3.63) is 82.9 Å². The molecule has 0 aliphatic carbocycles. The second-order valence-corrected chi connectivity index (χ2v) is 8.77. The number of ether oxygens (including phenoxy) is 2.